The number of carbonyl (C=O) groups excluding carboxylic acids is 1. The van der Waals surface area contributed by atoms with Gasteiger partial charge in [-0.2, -0.15) is 0 Å². The van der Waals surface area contributed by atoms with Crippen molar-refractivity contribution >= 4 is 5.97 Å². The first-order chi connectivity index (χ1) is 9.91. The lowest BCUT2D eigenvalue weighted by Crippen LogP contribution is -2.52. The van der Waals surface area contributed by atoms with Crippen LogP contribution in [0.25, 0.3) is 0 Å². The Morgan fingerprint density at radius 1 is 1.38 bits per heavy atom. The van der Waals surface area contributed by atoms with E-state index >= 15 is 0 Å². The van der Waals surface area contributed by atoms with Crippen LogP contribution in [0.5, 0.6) is 0 Å². The molecule has 0 aromatic rings. The molecule has 0 spiro atoms. The summed E-state index contributed by atoms with van der Waals surface area (Å²) in [5.41, 5.74) is -0.565. The minimum Gasteiger partial charge on any atom is -0.468 e. The SMILES string of the molecule is CCNC(C)(CCN1CCC(CN(C)C)CC1)C(=O)OC. The first-order valence-electron chi connectivity index (χ1n) is 8.11. The van der Waals surface area contributed by atoms with Gasteiger partial charge in [0.05, 0.1) is 7.11 Å². The minimum absolute atomic E-state index is 0.160. The molecule has 1 aliphatic heterocycles. The summed E-state index contributed by atoms with van der Waals surface area (Å²) in [6.45, 7) is 9.16. The summed E-state index contributed by atoms with van der Waals surface area (Å²) in [7, 11) is 5.75. The Bertz CT molecular complexity index is 315. The molecule has 21 heavy (non-hydrogen) atoms. The third-order valence-electron chi connectivity index (χ3n) is 4.46. The molecule has 0 amide bonds. The number of esters is 1. The van der Waals surface area contributed by atoms with E-state index in [2.05, 4.69) is 29.2 Å². The number of ether oxygens (including phenoxy) is 1. The van der Waals surface area contributed by atoms with Gasteiger partial charge in [0.25, 0.3) is 0 Å². The second-order valence-electron chi connectivity index (χ2n) is 6.65. The molecule has 0 radical (unpaired) electrons. The summed E-state index contributed by atoms with van der Waals surface area (Å²) in [5.74, 6) is 0.656. The fourth-order valence-electron chi connectivity index (χ4n) is 3.17. The van der Waals surface area contributed by atoms with Crippen molar-refractivity contribution in [3.8, 4) is 0 Å². The van der Waals surface area contributed by atoms with E-state index in [0.717, 1.165) is 38.5 Å². The van der Waals surface area contributed by atoms with Crippen molar-refractivity contribution in [1.82, 2.24) is 15.1 Å². The van der Waals surface area contributed by atoms with Crippen LogP contribution in [-0.2, 0) is 9.53 Å². The molecular weight excluding hydrogens is 266 g/mol. The van der Waals surface area contributed by atoms with Gasteiger partial charge in [-0.1, -0.05) is 6.92 Å². The summed E-state index contributed by atoms with van der Waals surface area (Å²) in [6.07, 6.45) is 3.31. The van der Waals surface area contributed by atoms with Crippen molar-refractivity contribution in [2.24, 2.45) is 5.92 Å². The minimum atomic E-state index is -0.565. The van der Waals surface area contributed by atoms with Crippen molar-refractivity contribution in [3.05, 3.63) is 0 Å². The number of nitrogens with one attached hydrogen (secondary N) is 1. The zero-order valence-electron chi connectivity index (χ0n) is 14.4. The van der Waals surface area contributed by atoms with E-state index in [0.29, 0.717) is 0 Å². The lowest BCUT2D eigenvalue weighted by atomic mass is 9.94. The normalized spacial score (nSPS) is 20.5. The van der Waals surface area contributed by atoms with E-state index in [1.54, 1.807) is 0 Å². The number of piperidine rings is 1. The smallest absolute Gasteiger partial charge is 0.325 e. The summed E-state index contributed by atoms with van der Waals surface area (Å²) in [6, 6.07) is 0. The molecule has 1 rings (SSSR count). The Balaban J connectivity index is 2.39. The fraction of sp³-hybridized carbons (Fsp3) is 0.938. The van der Waals surface area contributed by atoms with Gasteiger partial charge in [-0.3, -0.25) is 4.79 Å². The molecule has 5 heteroatoms. The average Bonchev–Trinajstić information content (AvgIpc) is 2.45. The maximum absolute atomic E-state index is 12.0. The highest BCUT2D eigenvalue weighted by Crippen LogP contribution is 2.20. The van der Waals surface area contributed by atoms with Crippen LogP contribution < -0.4 is 5.32 Å². The standard InChI is InChI=1S/C16H33N3O2/c1-6-17-16(2,15(20)21-5)9-12-19-10-7-14(8-11-19)13-18(3)4/h14,17H,6-13H2,1-5H3. The maximum Gasteiger partial charge on any atom is 0.325 e. The van der Waals surface area contributed by atoms with E-state index in [4.69, 9.17) is 4.74 Å². The molecule has 1 heterocycles. The predicted molar refractivity (Wildman–Crippen MR) is 86.4 cm³/mol. The monoisotopic (exact) mass is 299 g/mol. The highest BCUT2D eigenvalue weighted by atomic mass is 16.5. The first kappa shape index (κ1) is 18.4. The van der Waals surface area contributed by atoms with E-state index in [-0.39, 0.29) is 5.97 Å². The molecule has 1 fully saturated rings. The molecule has 1 unspecified atom stereocenters. The van der Waals surface area contributed by atoms with Crippen molar-refractivity contribution in [2.45, 2.75) is 38.6 Å². The Labute approximate surface area is 130 Å². The molecule has 1 atom stereocenters. The van der Waals surface area contributed by atoms with E-state index in [1.165, 1.54) is 26.5 Å². The molecular formula is C16H33N3O2. The Kier molecular flexibility index (Phi) is 7.63. The Morgan fingerprint density at radius 3 is 2.48 bits per heavy atom. The zero-order chi connectivity index (χ0) is 15.9. The molecule has 1 aliphatic rings. The lowest BCUT2D eigenvalue weighted by Gasteiger charge is -2.35. The third-order valence-corrected chi connectivity index (χ3v) is 4.46. The van der Waals surface area contributed by atoms with Crippen LogP contribution in [0, 0.1) is 5.92 Å². The summed E-state index contributed by atoms with van der Waals surface area (Å²) in [4.78, 5) is 16.7. The van der Waals surface area contributed by atoms with Gasteiger partial charge in [0.15, 0.2) is 0 Å². The summed E-state index contributed by atoms with van der Waals surface area (Å²) in [5, 5.41) is 3.28. The van der Waals surface area contributed by atoms with Gasteiger partial charge in [0.2, 0.25) is 0 Å². The Morgan fingerprint density at radius 2 is 2.00 bits per heavy atom. The highest BCUT2D eigenvalue weighted by Gasteiger charge is 2.34. The van der Waals surface area contributed by atoms with Crippen molar-refractivity contribution in [3.63, 3.8) is 0 Å². The molecule has 124 valence electrons. The zero-order valence-corrected chi connectivity index (χ0v) is 14.4. The van der Waals surface area contributed by atoms with Crippen LogP contribution in [0.1, 0.15) is 33.1 Å². The van der Waals surface area contributed by atoms with E-state index in [9.17, 15) is 4.79 Å². The topological polar surface area (TPSA) is 44.8 Å². The van der Waals surface area contributed by atoms with Gasteiger partial charge in [-0.25, -0.2) is 0 Å². The van der Waals surface area contributed by atoms with Gasteiger partial charge in [0, 0.05) is 13.1 Å². The van der Waals surface area contributed by atoms with E-state index < -0.39 is 5.54 Å². The van der Waals surface area contributed by atoms with Crippen molar-refractivity contribution in [2.75, 3.05) is 53.9 Å². The second-order valence-corrected chi connectivity index (χ2v) is 6.65. The number of hydrogen-bond donors (Lipinski definition) is 1. The van der Waals surface area contributed by atoms with E-state index in [1.807, 2.05) is 13.8 Å². The van der Waals surface area contributed by atoms with Gasteiger partial charge < -0.3 is 19.9 Å². The predicted octanol–water partition coefficient (Wildman–Crippen LogP) is 1.19. The summed E-state index contributed by atoms with van der Waals surface area (Å²) >= 11 is 0. The van der Waals surface area contributed by atoms with Gasteiger partial charge >= 0.3 is 5.97 Å². The number of carbonyl (C=O) groups is 1. The first-order valence-corrected chi connectivity index (χ1v) is 8.11. The van der Waals surface area contributed by atoms with Crippen LogP contribution in [0.2, 0.25) is 0 Å². The molecule has 0 aromatic heterocycles. The van der Waals surface area contributed by atoms with Gasteiger partial charge in [-0.15, -0.1) is 0 Å². The molecule has 0 bridgehead atoms. The third kappa shape index (κ3) is 5.93. The molecule has 1 N–H and O–H groups in total. The number of likely N-dealkylation sites (tertiary alicyclic amines) is 1. The van der Waals surface area contributed by atoms with Crippen LogP contribution in [0.4, 0.5) is 0 Å². The van der Waals surface area contributed by atoms with Crippen LogP contribution in [-0.4, -0.2) is 75.2 Å². The van der Waals surface area contributed by atoms with Crippen molar-refractivity contribution < 1.29 is 9.53 Å². The van der Waals surface area contributed by atoms with Crippen LogP contribution in [0.3, 0.4) is 0 Å². The number of nitrogens with zero attached hydrogens (tertiary/aromatic N) is 2. The Hall–Kier alpha value is -0.650. The van der Waals surface area contributed by atoms with Crippen molar-refractivity contribution in [1.29, 1.82) is 0 Å². The molecule has 0 aliphatic carbocycles. The molecule has 0 saturated carbocycles. The summed E-state index contributed by atoms with van der Waals surface area (Å²) < 4.78 is 4.94. The highest BCUT2D eigenvalue weighted by molar-refractivity contribution is 5.80. The maximum atomic E-state index is 12.0. The number of methoxy groups -OCH3 is 1. The largest absolute Gasteiger partial charge is 0.468 e. The second kappa shape index (κ2) is 8.71. The molecule has 1 saturated heterocycles. The quantitative estimate of drug-likeness (QED) is 0.682. The van der Waals surface area contributed by atoms with Crippen LogP contribution in [0.15, 0.2) is 0 Å². The van der Waals surface area contributed by atoms with Gasteiger partial charge in [0.1, 0.15) is 5.54 Å². The average molecular weight is 299 g/mol. The van der Waals surface area contributed by atoms with Gasteiger partial charge in [-0.05, 0) is 65.8 Å². The molecule has 5 nitrogen and oxygen atoms in total. The lowest BCUT2D eigenvalue weighted by molar-refractivity contribution is -0.148. The number of hydrogen-bond acceptors (Lipinski definition) is 5. The number of likely N-dealkylation sites (N-methyl/N-ethyl adjacent to an activating group) is 1. The fourth-order valence-corrected chi connectivity index (χ4v) is 3.17. The molecule has 0 aromatic carbocycles. The van der Waals surface area contributed by atoms with Crippen LogP contribution >= 0.6 is 0 Å². The number of rotatable bonds is 8.